The summed E-state index contributed by atoms with van der Waals surface area (Å²) in [6, 6.07) is 0. The molecule has 14 heavy (non-hydrogen) atoms. The van der Waals surface area contributed by atoms with Crippen LogP contribution in [0.15, 0.2) is 0 Å². The van der Waals surface area contributed by atoms with E-state index in [1.54, 1.807) is 0 Å². The van der Waals surface area contributed by atoms with Gasteiger partial charge in [0.2, 0.25) is 0 Å². The molecule has 0 radical (unpaired) electrons. The Bertz CT molecular complexity index is 173. The quantitative estimate of drug-likeness (QED) is 0.663. The van der Waals surface area contributed by atoms with E-state index < -0.39 is 0 Å². The summed E-state index contributed by atoms with van der Waals surface area (Å²) in [7, 11) is 2.25. The molecule has 2 heterocycles. The second-order valence-corrected chi connectivity index (χ2v) is 5.40. The zero-order valence-corrected chi connectivity index (χ0v) is 9.71. The van der Waals surface area contributed by atoms with E-state index in [2.05, 4.69) is 23.8 Å². The largest absolute Gasteiger partial charge is 0.306 e. The predicted molar refractivity (Wildman–Crippen MR) is 60.4 cm³/mol. The molecule has 0 unspecified atom stereocenters. The van der Waals surface area contributed by atoms with Crippen LogP contribution in [0.3, 0.4) is 0 Å². The predicted octanol–water partition coefficient (Wildman–Crippen LogP) is 1.67. The van der Waals surface area contributed by atoms with Gasteiger partial charge in [-0.15, -0.1) is 0 Å². The molecule has 2 fully saturated rings. The molecule has 0 saturated carbocycles. The Kier molecular flexibility index (Phi) is 3.45. The molecule has 0 bridgehead atoms. The summed E-state index contributed by atoms with van der Waals surface area (Å²) in [6.07, 6.45) is 4.26. The summed E-state index contributed by atoms with van der Waals surface area (Å²) in [5.41, 5.74) is 0. The first kappa shape index (κ1) is 10.4. The van der Waals surface area contributed by atoms with Crippen LogP contribution in [0.5, 0.6) is 0 Å². The monoisotopic (exact) mass is 196 g/mol. The van der Waals surface area contributed by atoms with Gasteiger partial charge in [-0.25, -0.2) is 0 Å². The summed E-state index contributed by atoms with van der Waals surface area (Å²) in [6.45, 7) is 9.08. The van der Waals surface area contributed by atoms with Gasteiger partial charge in [0.15, 0.2) is 0 Å². The molecule has 2 heteroatoms. The van der Waals surface area contributed by atoms with E-state index in [-0.39, 0.29) is 0 Å². The van der Waals surface area contributed by atoms with Crippen LogP contribution in [0, 0.1) is 11.8 Å². The first-order chi connectivity index (χ1) is 6.74. The van der Waals surface area contributed by atoms with Crippen molar-refractivity contribution in [3.8, 4) is 0 Å². The molecule has 2 aliphatic heterocycles. The van der Waals surface area contributed by atoms with Gasteiger partial charge >= 0.3 is 0 Å². The minimum Gasteiger partial charge on any atom is -0.306 e. The van der Waals surface area contributed by atoms with Gasteiger partial charge in [0.1, 0.15) is 0 Å². The average Bonchev–Trinajstić information content (AvgIpc) is 2.56. The van der Waals surface area contributed by atoms with Crippen LogP contribution in [-0.4, -0.2) is 49.6 Å². The molecule has 82 valence electrons. The van der Waals surface area contributed by atoms with Crippen LogP contribution in [0.1, 0.15) is 26.2 Å². The van der Waals surface area contributed by atoms with Crippen molar-refractivity contribution < 1.29 is 0 Å². The van der Waals surface area contributed by atoms with Crippen molar-refractivity contribution in [3.05, 3.63) is 0 Å². The lowest BCUT2D eigenvalue weighted by Crippen LogP contribution is -2.37. The minimum absolute atomic E-state index is 0.952. The van der Waals surface area contributed by atoms with Crippen LogP contribution >= 0.6 is 0 Å². The molecular weight excluding hydrogens is 172 g/mol. The van der Waals surface area contributed by atoms with Crippen molar-refractivity contribution in [2.24, 2.45) is 11.8 Å². The van der Waals surface area contributed by atoms with Gasteiger partial charge in [-0.05, 0) is 57.8 Å². The number of piperidine rings is 1. The van der Waals surface area contributed by atoms with Crippen molar-refractivity contribution in [1.82, 2.24) is 9.80 Å². The van der Waals surface area contributed by atoms with Crippen molar-refractivity contribution in [2.75, 3.05) is 39.8 Å². The third-order valence-electron chi connectivity index (χ3n) is 3.88. The molecule has 2 nitrogen and oxygen atoms in total. The van der Waals surface area contributed by atoms with E-state index in [1.165, 1.54) is 52.0 Å². The fourth-order valence-corrected chi connectivity index (χ4v) is 2.79. The van der Waals surface area contributed by atoms with Gasteiger partial charge in [0, 0.05) is 13.1 Å². The van der Waals surface area contributed by atoms with E-state index in [9.17, 15) is 0 Å². The Balaban J connectivity index is 1.70. The Morgan fingerprint density at radius 3 is 2.36 bits per heavy atom. The number of hydrogen-bond acceptors (Lipinski definition) is 2. The number of rotatable bonds is 2. The van der Waals surface area contributed by atoms with Crippen LogP contribution in [-0.2, 0) is 0 Å². The van der Waals surface area contributed by atoms with Gasteiger partial charge in [0.25, 0.3) is 0 Å². The number of likely N-dealkylation sites (tertiary alicyclic amines) is 2. The molecule has 2 aliphatic rings. The standard InChI is InChI=1S/C12H24N2/c1-11-3-7-14(8-4-11)10-12-5-6-13(2)9-12/h11-12H,3-10H2,1-2H3/t12-/m0/s1. The minimum atomic E-state index is 0.952. The van der Waals surface area contributed by atoms with Crippen LogP contribution in [0.2, 0.25) is 0 Å². The lowest BCUT2D eigenvalue weighted by Gasteiger charge is -2.32. The van der Waals surface area contributed by atoms with Crippen LogP contribution in [0.4, 0.5) is 0 Å². The molecule has 1 atom stereocenters. The second-order valence-electron chi connectivity index (χ2n) is 5.40. The summed E-state index contributed by atoms with van der Waals surface area (Å²) in [5.74, 6) is 1.92. The Morgan fingerprint density at radius 2 is 1.79 bits per heavy atom. The van der Waals surface area contributed by atoms with E-state index in [1.807, 2.05) is 0 Å². The summed E-state index contributed by atoms with van der Waals surface area (Å²) < 4.78 is 0. The topological polar surface area (TPSA) is 6.48 Å². The molecule has 0 aromatic carbocycles. The molecule has 0 aliphatic carbocycles. The zero-order chi connectivity index (χ0) is 9.97. The van der Waals surface area contributed by atoms with Gasteiger partial charge < -0.3 is 9.80 Å². The first-order valence-corrected chi connectivity index (χ1v) is 6.15. The zero-order valence-electron chi connectivity index (χ0n) is 9.71. The highest BCUT2D eigenvalue weighted by molar-refractivity contribution is 4.78. The lowest BCUT2D eigenvalue weighted by molar-refractivity contribution is 0.168. The Hall–Kier alpha value is -0.0800. The normalized spacial score (nSPS) is 32.6. The summed E-state index contributed by atoms with van der Waals surface area (Å²) >= 11 is 0. The molecule has 2 rings (SSSR count). The third-order valence-corrected chi connectivity index (χ3v) is 3.88. The van der Waals surface area contributed by atoms with Crippen molar-refractivity contribution >= 4 is 0 Å². The van der Waals surface area contributed by atoms with E-state index >= 15 is 0 Å². The molecule has 2 saturated heterocycles. The highest BCUT2D eigenvalue weighted by atomic mass is 15.2. The highest BCUT2D eigenvalue weighted by Crippen LogP contribution is 2.20. The fraction of sp³-hybridized carbons (Fsp3) is 1.00. The third kappa shape index (κ3) is 2.71. The van der Waals surface area contributed by atoms with Crippen molar-refractivity contribution in [2.45, 2.75) is 26.2 Å². The molecule has 0 amide bonds. The van der Waals surface area contributed by atoms with Gasteiger partial charge in [-0.2, -0.15) is 0 Å². The van der Waals surface area contributed by atoms with Gasteiger partial charge in [-0.3, -0.25) is 0 Å². The molecular formula is C12H24N2. The lowest BCUT2D eigenvalue weighted by atomic mass is 9.98. The average molecular weight is 196 g/mol. The maximum Gasteiger partial charge on any atom is 0.00224 e. The Labute approximate surface area is 88.3 Å². The maximum atomic E-state index is 2.68. The molecule has 0 aromatic rings. The van der Waals surface area contributed by atoms with Crippen molar-refractivity contribution in [1.29, 1.82) is 0 Å². The van der Waals surface area contributed by atoms with Gasteiger partial charge in [0.05, 0.1) is 0 Å². The Morgan fingerprint density at radius 1 is 1.07 bits per heavy atom. The van der Waals surface area contributed by atoms with E-state index in [0.717, 1.165) is 11.8 Å². The second kappa shape index (κ2) is 4.63. The smallest absolute Gasteiger partial charge is 0.00224 e. The van der Waals surface area contributed by atoms with Crippen molar-refractivity contribution in [3.63, 3.8) is 0 Å². The van der Waals surface area contributed by atoms with Gasteiger partial charge in [-0.1, -0.05) is 6.92 Å². The SMILES string of the molecule is CC1CCN(C[C@H]2CCN(C)C2)CC1. The first-order valence-electron chi connectivity index (χ1n) is 6.15. The maximum absolute atomic E-state index is 2.68. The number of nitrogens with zero attached hydrogens (tertiary/aromatic N) is 2. The van der Waals surface area contributed by atoms with Crippen LogP contribution in [0.25, 0.3) is 0 Å². The summed E-state index contributed by atoms with van der Waals surface area (Å²) in [5, 5.41) is 0. The van der Waals surface area contributed by atoms with E-state index in [0.29, 0.717) is 0 Å². The fourth-order valence-electron chi connectivity index (χ4n) is 2.79. The molecule has 0 spiro atoms. The highest BCUT2D eigenvalue weighted by Gasteiger charge is 2.23. The summed E-state index contributed by atoms with van der Waals surface area (Å²) in [4.78, 5) is 5.15. The van der Waals surface area contributed by atoms with Crippen LogP contribution < -0.4 is 0 Å². The number of hydrogen-bond donors (Lipinski definition) is 0. The van der Waals surface area contributed by atoms with E-state index in [4.69, 9.17) is 0 Å². The molecule has 0 N–H and O–H groups in total. The molecule has 0 aromatic heterocycles.